The third-order valence-corrected chi connectivity index (χ3v) is 3.80. The third kappa shape index (κ3) is 2.58. The molecule has 120 valence electrons. The van der Waals surface area contributed by atoms with E-state index in [9.17, 15) is 19.2 Å². The molecule has 2 aliphatic rings. The molecule has 6 heteroatoms. The zero-order chi connectivity index (χ0) is 17.3. The number of allylic oxidation sites excluding steroid dienone is 4. The van der Waals surface area contributed by atoms with Crippen LogP contribution in [0.4, 0.5) is 0 Å². The number of fused-ring (bicyclic) bond motifs is 1. The van der Waals surface area contributed by atoms with Crippen LogP contribution in [-0.4, -0.2) is 35.5 Å². The molecule has 1 aromatic rings. The number of benzene rings is 1. The number of esters is 1. The van der Waals surface area contributed by atoms with Crippen LogP contribution in [0, 0.1) is 0 Å². The van der Waals surface area contributed by atoms with Crippen molar-refractivity contribution in [2.75, 3.05) is 7.11 Å². The molecule has 1 aliphatic carbocycles. The van der Waals surface area contributed by atoms with Gasteiger partial charge in [-0.25, -0.2) is 0 Å². The Balaban J connectivity index is 1.85. The lowest BCUT2D eigenvalue weighted by atomic mass is 10.0. The van der Waals surface area contributed by atoms with Gasteiger partial charge in [0.05, 0.1) is 12.7 Å². The number of rotatable bonds is 2. The summed E-state index contributed by atoms with van der Waals surface area (Å²) in [7, 11) is 1.20. The fourth-order valence-electron chi connectivity index (χ4n) is 2.56. The van der Waals surface area contributed by atoms with Crippen molar-refractivity contribution in [2.24, 2.45) is 0 Å². The summed E-state index contributed by atoms with van der Waals surface area (Å²) in [5.41, 5.74) is 1.29. The molecule has 1 amide bonds. The van der Waals surface area contributed by atoms with Crippen LogP contribution in [-0.2, 0) is 14.3 Å². The highest BCUT2D eigenvalue weighted by Crippen LogP contribution is 2.30. The molecule has 0 saturated carbocycles. The molecule has 0 fully saturated rings. The van der Waals surface area contributed by atoms with Gasteiger partial charge in [0.2, 0.25) is 5.91 Å². The molecule has 0 atom stereocenters. The number of carbonyl (C=O) groups is 4. The van der Waals surface area contributed by atoms with E-state index >= 15 is 0 Å². The average molecular weight is 323 g/mol. The van der Waals surface area contributed by atoms with Crippen molar-refractivity contribution in [1.29, 1.82) is 0 Å². The number of nitrogens with zero attached hydrogens (tertiary/aromatic N) is 1. The van der Waals surface area contributed by atoms with E-state index in [1.165, 1.54) is 36.6 Å². The van der Waals surface area contributed by atoms with Crippen molar-refractivity contribution in [3.8, 4) is 0 Å². The van der Waals surface area contributed by atoms with E-state index in [4.69, 9.17) is 0 Å². The lowest BCUT2D eigenvalue weighted by molar-refractivity contribution is -0.145. The molecular formula is C18H13NO5. The lowest BCUT2D eigenvalue weighted by Gasteiger charge is -2.16. The van der Waals surface area contributed by atoms with E-state index < -0.39 is 11.9 Å². The highest BCUT2D eigenvalue weighted by atomic mass is 16.5. The molecular weight excluding hydrogens is 310 g/mol. The van der Waals surface area contributed by atoms with Crippen LogP contribution in [0.2, 0.25) is 0 Å². The number of amides is 1. The summed E-state index contributed by atoms with van der Waals surface area (Å²) < 4.78 is 4.44. The van der Waals surface area contributed by atoms with Gasteiger partial charge in [-0.1, -0.05) is 24.3 Å². The molecule has 0 aromatic heterocycles. The Morgan fingerprint density at radius 2 is 1.54 bits per heavy atom. The van der Waals surface area contributed by atoms with Gasteiger partial charge < -0.3 is 4.74 Å². The molecule has 0 saturated heterocycles. The predicted octanol–water partition coefficient (Wildman–Crippen LogP) is 1.79. The Hall–Kier alpha value is -3.28. The van der Waals surface area contributed by atoms with Gasteiger partial charge in [-0.05, 0) is 17.7 Å². The molecule has 0 spiro atoms. The SMILES string of the molecule is COC(=O)CC(=O)N1C=CC(=C2C(=O)c3ccccc3C2=O)C=C1. The summed E-state index contributed by atoms with van der Waals surface area (Å²) in [5, 5.41) is 0. The minimum atomic E-state index is -0.637. The van der Waals surface area contributed by atoms with Gasteiger partial charge in [0.15, 0.2) is 11.6 Å². The van der Waals surface area contributed by atoms with Crippen molar-refractivity contribution >= 4 is 23.4 Å². The van der Waals surface area contributed by atoms with Crippen LogP contribution in [0.25, 0.3) is 0 Å². The summed E-state index contributed by atoms with van der Waals surface area (Å²) >= 11 is 0. The molecule has 6 nitrogen and oxygen atoms in total. The maximum absolute atomic E-state index is 12.4. The smallest absolute Gasteiger partial charge is 0.315 e. The van der Waals surface area contributed by atoms with Crippen LogP contribution in [0.5, 0.6) is 0 Å². The molecule has 0 radical (unpaired) electrons. The van der Waals surface area contributed by atoms with Crippen LogP contribution in [0.3, 0.4) is 0 Å². The maximum atomic E-state index is 12.4. The number of hydrogen-bond acceptors (Lipinski definition) is 5. The maximum Gasteiger partial charge on any atom is 0.315 e. The highest BCUT2D eigenvalue weighted by molar-refractivity contribution is 6.40. The number of ketones is 2. The molecule has 0 N–H and O–H groups in total. The van der Waals surface area contributed by atoms with Crippen molar-refractivity contribution < 1.29 is 23.9 Å². The molecule has 0 unspecified atom stereocenters. The summed E-state index contributed by atoms with van der Waals surface area (Å²) in [5.74, 6) is -1.75. The van der Waals surface area contributed by atoms with Crippen molar-refractivity contribution in [2.45, 2.75) is 6.42 Å². The number of Topliss-reactive ketones (excluding diaryl/α,β-unsaturated/α-hetero) is 2. The van der Waals surface area contributed by atoms with Gasteiger partial charge in [0.25, 0.3) is 0 Å². The summed E-state index contributed by atoms with van der Waals surface area (Å²) in [6, 6.07) is 6.64. The third-order valence-electron chi connectivity index (χ3n) is 3.80. The Morgan fingerprint density at radius 3 is 2.04 bits per heavy atom. The second kappa shape index (κ2) is 6.08. The Kier molecular flexibility index (Phi) is 3.95. The predicted molar refractivity (Wildman–Crippen MR) is 83.9 cm³/mol. The van der Waals surface area contributed by atoms with E-state index in [-0.39, 0.29) is 23.6 Å². The van der Waals surface area contributed by atoms with Crippen LogP contribution >= 0.6 is 0 Å². The fourth-order valence-corrected chi connectivity index (χ4v) is 2.56. The highest BCUT2D eigenvalue weighted by Gasteiger charge is 2.34. The van der Waals surface area contributed by atoms with Gasteiger partial charge in [-0.15, -0.1) is 0 Å². The van der Waals surface area contributed by atoms with Gasteiger partial charge in [-0.2, -0.15) is 0 Å². The minimum absolute atomic E-state index is 0.0868. The Labute approximate surface area is 137 Å². The average Bonchev–Trinajstić information content (AvgIpc) is 2.86. The second-order valence-corrected chi connectivity index (χ2v) is 5.22. The summed E-state index contributed by atoms with van der Waals surface area (Å²) in [4.78, 5) is 49.1. The molecule has 1 aromatic carbocycles. The van der Waals surface area contributed by atoms with Crippen molar-refractivity contribution in [3.63, 3.8) is 0 Å². The Morgan fingerprint density at radius 1 is 1.00 bits per heavy atom. The molecule has 0 bridgehead atoms. The molecule has 1 heterocycles. The first kappa shape index (κ1) is 15.6. The summed E-state index contributed by atoms with van der Waals surface area (Å²) in [6.45, 7) is 0. The van der Waals surface area contributed by atoms with Crippen LogP contribution in [0.1, 0.15) is 27.1 Å². The van der Waals surface area contributed by atoms with E-state index in [1.54, 1.807) is 24.3 Å². The van der Waals surface area contributed by atoms with Gasteiger partial charge in [0, 0.05) is 23.5 Å². The fraction of sp³-hybridized carbons (Fsp3) is 0.111. The molecule has 1 aliphatic heterocycles. The summed E-state index contributed by atoms with van der Waals surface area (Å²) in [6.07, 6.45) is 5.45. The largest absolute Gasteiger partial charge is 0.469 e. The van der Waals surface area contributed by atoms with E-state index in [1.807, 2.05) is 0 Å². The first-order valence-electron chi connectivity index (χ1n) is 7.20. The topological polar surface area (TPSA) is 80.8 Å². The Bertz CT molecular complexity index is 807. The number of ether oxygens (including phenoxy) is 1. The first-order valence-corrected chi connectivity index (χ1v) is 7.20. The van der Waals surface area contributed by atoms with Crippen LogP contribution < -0.4 is 0 Å². The zero-order valence-corrected chi connectivity index (χ0v) is 12.8. The van der Waals surface area contributed by atoms with E-state index in [2.05, 4.69) is 4.74 Å². The van der Waals surface area contributed by atoms with Gasteiger partial charge in [0.1, 0.15) is 6.42 Å². The van der Waals surface area contributed by atoms with Gasteiger partial charge in [-0.3, -0.25) is 24.1 Å². The number of carbonyl (C=O) groups excluding carboxylic acids is 4. The quantitative estimate of drug-likeness (QED) is 0.359. The molecule has 24 heavy (non-hydrogen) atoms. The van der Waals surface area contributed by atoms with E-state index in [0.717, 1.165) is 0 Å². The standard InChI is InChI=1S/C18H13NO5/c1-24-15(21)10-14(20)19-8-6-11(7-9-19)16-17(22)12-4-2-3-5-13(12)18(16)23/h2-9H,10H2,1H3. The lowest BCUT2D eigenvalue weighted by Crippen LogP contribution is -2.24. The zero-order valence-electron chi connectivity index (χ0n) is 12.8. The number of hydrogen-bond donors (Lipinski definition) is 0. The second-order valence-electron chi connectivity index (χ2n) is 5.22. The van der Waals surface area contributed by atoms with Crippen molar-refractivity contribution in [1.82, 2.24) is 4.90 Å². The normalized spacial score (nSPS) is 15.8. The minimum Gasteiger partial charge on any atom is -0.469 e. The van der Waals surface area contributed by atoms with E-state index in [0.29, 0.717) is 16.7 Å². The van der Waals surface area contributed by atoms with Crippen LogP contribution in [0.15, 0.2) is 60.0 Å². The van der Waals surface area contributed by atoms with Crippen molar-refractivity contribution in [3.05, 3.63) is 71.1 Å². The first-order chi connectivity index (χ1) is 11.5. The van der Waals surface area contributed by atoms with Gasteiger partial charge >= 0.3 is 5.97 Å². The monoisotopic (exact) mass is 323 g/mol. The molecule has 3 rings (SSSR count). The number of methoxy groups -OCH3 is 1.